The topological polar surface area (TPSA) is 44.8 Å². The maximum atomic E-state index is 13.2. The molecule has 2 aliphatic heterocycles. The van der Waals surface area contributed by atoms with Crippen molar-refractivity contribution in [3.8, 4) is 11.1 Å². The molecule has 5 heteroatoms. The molecular weight excluding hydrogens is 422 g/mol. The van der Waals surface area contributed by atoms with Crippen LogP contribution in [0.3, 0.4) is 0 Å². The number of urea groups is 1. The summed E-state index contributed by atoms with van der Waals surface area (Å²) >= 11 is 0. The van der Waals surface area contributed by atoms with E-state index < -0.39 is 0 Å². The molecule has 182 valence electrons. The van der Waals surface area contributed by atoms with E-state index in [1.54, 1.807) is 7.11 Å². The van der Waals surface area contributed by atoms with Crippen LogP contribution in [0.1, 0.15) is 55.6 Å². The van der Waals surface area contributed by atoms with Gasteiger partial charge in [0.05, 0.1) is 6.61 Å². The summed E-state index contributed by atoms with van der Waals surface area (Å²) in [5.41, 5.74) is 5.21. The van der Waals surface area contributed by atoms with Gasteiger partial charge in [0.1, 0.15) is 0 Å². The van der Waals surface area contributed by atoms with E-state index in [-0.39, 0.29) is 6.03 Å². The first-order chi connectivity index (χ1) is 16.7. The Kier molecular flexibility index (Phi) is 7.21. The number of fused-ring (bicyclic) bond motifs is 1. The second-order valence-electron chi connectivity index (χ2n) is 10.4. The molecule has 2 aromatic rings. The molecule has 1 unspecified atom stereocenters. The van der Waals surface area contributed by atoms with Crippen molar-refractivity contribution in [2.75, 3.05) is 33.4 Å². The Labute approximate surface area is 204 Å². The van der Waals surface area contributed by atoms with E-state index in [2.05, 4.69) is 70.6 Å². The Bertz CT molecular complexity index is 970. The Balaban J connectivity index is 1.35. The van der Waals surface area contributed by atoms with Crippen LogP contribution in [-0.2, 0) is 4.74 Å². The molecule has 5 rings (SSSR count). The van der Waals surface area contributed by atoms with Crippen molar-refractivity contribution >= 4 is 6.03 Å². The van der Waals surface area contributed by atoms with Crippen molar-refractivity contribution in [1.29, 1.82) is 0 Å². The highest BCUT2D eigenvalue weighted by Gasteiger charge is 2.49. The molecule has 34 heavy (non-hydrogen) atoms. The van der Waals surface area contributed by atoms with Gasteiger partial charge in [0.2, 0.25) is 0 Å². The van der Waals surface area contributed by atoms with Gasteiger partial charge in [-0.1, -0.05) is 61.4 Å². The average molecular weight is 462 g/mol. The lowest BCUT2D eigenvalue weighted by molar-refractivity contribution is -0.0668. The number of benzene rings is 2. The van der Waals surface area contributed by atoms with E-state index in [1.165, 1.54) is 35.1 Å². The monoisotopic (exact) mass is 461 g/mol. The highest BCUT2D eigenvalue weighted by molar-refractivity contribution is 5.74. The predicted octanol–water partition coefficient (Wildman–Crippen LogP) is 5.19. The molecule has 0 aromatic heterocycles. The fraction of sp³-hybridized carbons (Fsp3) is 0.552. The summed E-state index contributed by atoms with van der Waals surface area (Å²) in [6, 6.07) is 18.9. The molecule has 2 aromatic carbocycles. The molecular formula is C29H39N3O2. The van der Waals surface area contributed by atoms with Crippen molar-refractivity contribution in [2.24, 2.45) is 0 Å². The molecule has 3 aliphatic rings. The first-order valence-corrected chi connectivity index (χ1v) is 13.1. The van der Waals surface area contributed by atoms with Gasteiger partial charge in [-0.25, -0.2) is 4.79 Å². The van der Waals surface area contributed by atoms with E-state index >= 15 is 0 Å². The number of rotatable bonds is 5. The zero-order valence-electron chi connectivity index (χ0n) is 20.7. The molecule has 2 amide bonds. The largest absolute Gasteiger partial charge is 0.383 e. The van der Waals surface area contributed by atoms with E-state index in [1.807, 2.05) is 0 Å². The normalized spacial score (nSPS) is 25.8. The first-order valence-electron chi connectivity index (χ1n) is 13.1. The van der Waals surface area contributed by atoms with Crippen LogP contribution in [0.4, 0.5) is 4.79 Å². The van der Waals surface area contributed by atoms with Gasteiger partial charge in [-0.2, -0.15) is 0 Å². The number of aryl methyl sites for hydroxylation is 1. The van der Waals surface area contributed by atoms with Crippen molar-refractivity contribution in [1.82, 2.24) is 15.1 Å². The smallest absolute Gasteiger partial charge is 0.317 e. The van der Waals surface area contributed by atoms with Gasteiger partial charge in [0.25, 0.3) is 0 Å². The quantitative estimate of drug-likeness (QED) is 0.666. The van der Waals surface area contributed by atoms with Crippen molar-refractivity contribution < 1.29 is 9.53 Å². The Hall–Kier alpha value is -2.37. The lowest BCUT2D eigenvalue weighted by Gasteiger charge is -2.57. The van der Waals surface area contributed by atoms with Crippen molar-refractivity contribution in [2.45, 2.75) is 69.5 Å². The van der Waals surface area contributed by atoms with Crippen LogP contribution in [0.25, 0.3) is 11.1 Å². The number of carbonyl (C=O) groups is 1. The highest BCUT2D eigenvalue weighted by atomic mass is 16.5. The lowest BCUT2D eigenvalue weighted by Crippen LogP contribution is -2.68. The molecule has 1 N–H and O–H groups in total. The van der Waals surface area contributed by atoms with E-state index in [4.69, 9.17) is 4.74 Å². The number of hydrogen-bond donors (Lipinski definition) is 1. The van der Waals surface area contributed by atoms with Crippen LogP contribution in [-0.4, -0.2) is 67.3 Å². The third-order valence-corrected chi connectivity index (χ3v) is 8.24. The average Bonchev–Trinajstić information content (AvgIpc) is 3.34. The number of methoxy groups -OCH3 is 1. The van der Waals surface area contributed by atoms with Crippen LogP contribution < -0.4 is 5.32 Å². The summed E-state index contributed by atoms with van der Waals surface area (Å²) in [7, 11) is 1.80. The molecule has 1 aliphatic carbocycles. The molecule has 2 saturated heterocycles. The summed E-state index contributed by atoms with van der Waals surface area (Å²) < 4.78 is 5.66. The van der Waals surface area contributed by atoms with Crippen molar-refractivity contribution in [3.05, 3.63) is 59.7 Å². The van der Waals surface area contributed by atoms with Gasteiger partial charge < -0.3 is 15.0 Å². The summed E-state index contributed by atoms with van der Waals surface area (Å²) in [6.07, 6.45) is 6.92. The zero-order chi connectivity index (χ0) is 23.5. The second kappa shape index (κ2) is 10.5. The molecule has 1 saturated carbocycles. The maximum Gasteiger partial charge on any atom is 0.317 e. The molecule has 3 fully saturated rings. The number of carbonyl (C=O) groups excluding carboxylic acids is 1. The SMILES string of the molecule is COC[C@@H]1C(c2ccc(-c3ccccc3C)cc2)[C@@H]2CN(C(=O)NC3CCCC3)CCCCN12. The second-order valence-corrected chi connectivity index (χ2v) is 10.4. The molecule has 0 bridgehead atoms. The number of amides is 2. The van der Waals surface area contributed by atoms with Gasteiger partial charge >= 0.3 is 6.03 Å². The van der Waals surface area contributed by atoms with Crippen LogP contribution in [0.5, 0.6) is 0 Å². The van der Waals surface area contributed by atoms with E-state index in [0.29, 0.717) is 24.0 Å². The minimum absolute atomic E-state index is 0.137. The van der Waals surface area contributed by atoms with E-state index in [0.717, 1.165) is 51.9 Å². The minimum Gasteiger partial charge on any atom is -0.383 e. The van der Waals surface area contributed by atoms with E-state index in [9.17, 15) is 4.79 Å². The summed E-state index contributed by atoms with van der Waals surface area (Å²) in [5.74, 6) is 0.380. The van der Waals surface area contributed by atoms with Crippen LogP contribution in [0.2, 0.25) is 0 Å². The zero-order valence-corrected chi connectivity index (χ0v) is 20.7. The Morgan fingerprint density at radius 1 is 1.00 bits per heavy atom. The van der Waals surface area contributed by atoms with Crippen molar-refractivity contribution in [3.63, 3.8) is 0 Å². The number of ether oxygens (including phenoxy) is 1. The Morgan fingerprint density at radius 2 is 1.74 bits per heavy atom. The van der Waals surface area contributed by atoms with Crippen LogP contribution in [0.15, 0.2) is 48.5 Å². The highest BCUT2D eigenvalue weighted by Crippen LogP contribution is 2.42. The summed E-state index contributed by atoms with van der Waals surface area (Å²) in [5, 5.41) is 3.32. The Morgan fingerprint density at radius 3 is 2.47 bits per heavy atom. The molecule has 3 atom stereocenters. The van der Waals surface area contributed by atoms with Gasteiger partial charge in [-0.05, 0) is 61.4 Å². The molecule has 5 nitrogen and oxygen atoms in total. The van der Waals surface area contributed by atoms with Gasteiger partial charge in [0, 0.05) is 44.2 Å². The molecule has 2 heterocycles. The standard InChI is InChI=1S/C29H39N3O2/c1-21-9-3-6-12-25(21)22-13-15-23(16-14-22)28-26-19-31(29(33)30-24-10-4-5-11-24)17-7-8-18-32(26)27(28)20-34-2/h3,6,9,12-16,24,26-28H,4-5,7-8,10-11,17-20H2,1-2H3,(H,30,33)/t26-,27+,28?/m0/s1. The first kappa shape index (κ1) is 23.4. The van der Waals surface area contributed by atoms with Gasteiger partial charge in [-0.15, -0.1) is 0 Å². The number of nitrogens with zero attached hydrogens (tertiary/aromatic N) is 2. The van der Waals surface area contributed by atoms with Crippen LogP contribution >= 0.6 is 0 Å². The minimum atomic E-state index is 0.137. The maximum absolute atomic E-state index is 13.2. The van der Waals surface area contributed by atoms with Gasteiger partial charge in [-0.3, -0.25) is 4.90 Å². The lowest BCUT2D eigenvalue weighted by atomic mass is 9.74. The van der Waals surface area contributed by atoms with Crippen LogP contribution in [0, 0.1) is 6.92 Å². The summed E-state index contributed by atoms with van der Waals surface area (Å²) in [4.78, 5) is 17.8. The molecule has 0 radical (unpaired) electrons. The third kappa shape index (κ3) is 4.73. The van der Waals surface area contributed by atoms with Gasteiger partial charge in [0.15, 0.2) is 0 Å². The fourth-order valence-corrected chi connectivity index (χ4v) is 6.39. The fourth-order valence-electron chi connectivity index (χ4n) is 6.39. The summed E-state index contributed by atoms with van der Waals surface area (Å²) in [6.45, 7) is 5.64. The third-order valence-electron chi connectivity index (χ3n) is 8.24. The number of hydrogen-bond acceptors (Lipinski definition) is 3. The molecule has 0 spiro atoms. The predicted molar refractivity (Wildman–Crippen MR) is 137 cm³/mol. The number of nitrogens with one attached hydrogen (secondary N) is 1.